The number of hydrogen-bond acceptors (Lipinski definition) is 3. The molecule has 152 valence electrons. The third-order valence-electron chi connectivity index (χ3n) is 5.34. The van der Waals surface area contributed by atoms with Gasteiger partial charge in [0.2, 0.25) is 0 Å². The van der Waals surface area contributed by atoms with Crippen LogP contribution in [0.3, 0.4) is 0 Å². The van der Waals surface area contributed by atoms with E-state index in [1.807, 2.05) is 30.3 Å². The fraction of sp³-hybridized carbons (Fsp3) is 0.667. The molecule has 0 spiro atoms. The second-order valence-electron chi connectivity index (χ2n) is 7.58. The Bertz CT molecular complexity index is 561. The second-order valence-corrected chi connectivity index (χ2v) is 7.58. The zero-order valence-electron chi connectivity index (χ0n) is 16.8. The largest absolute Gasteiger partial charge is 0.490 e. The van der Waals surface area contributed by atoms with Gasteiger partial charge in [-0.2, -0.15) is 0 Å². The van der Waals surface area contributed by atoms with Gasteiger partial charge in [0.05, 0.1) is 0 Å². The number of hydrogen-bond donors (Lipinski definition) is 1. The molecule has 0 aromatic heterocycles. The summed E-state index contributed by atoms with van der Waals surface area (Å²) in [4.78, 5) is 9.81. The number of para-hydroxylation sites is 1. The summed E-state index contributed by atoms with van der Waals surface area (Å²) >= 11 is 0. The van der Waals surface area contributed by atoms with E-state index in [1.165, 1.54) is 25.9 Å². The van der Waals surface area contributed by atoms with Crippen molar-refractivity contribution in [3.63, 3.8) is 0 Å². The minimum Gasteiger partial charge on any atom is -0.490 e. The molecule has 27 heavy (non-hydrogen) atoms. The molecule has 3 rings (SSSR count). The maximum Gasteiger partial charge on any atom is 0.193 e. The van der Waals surface area contributed by atoms with Gasteiger partial charge >= 0.3 is 0 Å². The monoisotopic (exact) mass is 486 g/mol. The molecule has 2 aliphatic heterocycles. The van der Waals surface area contributed by atoms with Crippen LogP contribution in [-0.4, -0.2) is 68.2 Å². The Morgan fingerprint density at radius 2 is 1.89 bits per heavy atom. The summed E-state index contributed by atoms with van der Waals surface area (Å²) in [6.07, 6.45) is 5.01. The van der Waals surface area contributed by atoms with Crippen LogP contribution in [0.25, 0.3) is 0 Å². The Balaban J connectivity index is 0.00000261. The van der Waals surface area contributed by atoms with Gasteiger partial charge in [-0.3, -0.25) is 4.99 Å². The molecule has 1 N–H and O–H groups in total. The summed E-state index contributed by atoms with van der Waals surface area (Å²) in [7, 11) is 2.22. The number of halogens is 1. The molecule has 2 heterocycles. The van der Waals surface area contributed by atoms with Gasteiger partial charge in [-0.05, 0) is 51.4 Å². The molecule has 2 aliphatic rings. The molecular weight excluding hydrogens is 451 g/mol. The molecule has 6 heteroatoms. The number of likely N-dealkylation sites (tertiary alicyclic amines) is 2. The Hall–Kier alpha value is -1.02. The molecule has 0 amide bonds. The lowest BCUT2D eigenvalue weighted by Gasteiger charge is -2.35. The quantitative estimate of drug-likeness (QED) is 0.393. The Morgan fingerprint density at radius 3 is 2.56 bits per heavy atom. The standard InChI is InChI=1S/C21H34N4O.HI/c1-3-22-21(23-16-18-8-7-13-24(2)17-18)25-14-11-20(12-15-25)26-19-9-5-4-6-10-19;/h4-6,9-10,18,20H,3,7-8,11-17H2,1-2H3,(H,22,23);1H. The summed E-state index contributed by atoms with van der Waals surface area (Å²) in [5.74, 6) is 2.76. The molecule has 0 saturated carbocycles. The summed E-state index contributed by atoms with van der Waals surface area (Å²) in [6, 6.07) is 10.2. The van der Waals surface area contributed by atoms with Crippen LogP contribution in [0.4, 0.5) is 0 Å². The number of guanidine groups is 1. The van der Waals surface area contributed by atoms with E-state index >= 15 is 0 Å². The number of piperidine rings is 2. The van der Waals surface area contributed by atoms with Crippen LogP contribution in [0, 0.1) is 5.92 Å². The molecule has 2 fully saturated rings. The van der Waals surface area contributed by atoms with Crippen molar-refractivity contribution in [1.82, 2.24) is 15.1 Å². The highest BCUT2D eigenvalue weighted by atomic mass is 127. The molecule has 1 atom stereocenters. The summed E-state index contributed by atoms with van der Waals surface area (Å²) in [5, 5.41) is 3.49. The molecular formula is C21H35IN4O. The molecule has 1 aromatic carbocycles. The van der Waals surface area contributed by atoms with Gasteiger partial charge in [0.1, 0.15) is 11.9 Å². The third-order valence-corrected chi connectivity index (χ3v) is 5.34. The van der Waals surface area contributed by atoms with Crippen LogP contribution < -0.4 is 10.1 Å². The molecule has 2 saturated heterocycles. The van der Waals surface area contributed by atoms with Crippen LogP contribution >= 0.6 is 24.0 Å². The fourth-order valence-corrected chi connectivity index (χ4v) is 3.94. The summed E-state index contributed by atoms with van der Waals surface area (Å²) in [5.41, 5.74) is 0. The Labute approximate surface area is 181 Å². The highest BCUT2D eigenvalue weighted by molar-refractivity contribution is 14.0. The lowest BCUT2D eigenvalue weighted by atomic mass is 9.99. The first-order valence-electron chi connectivity index (χ1n) is 10.2. The van der Waals surface area contributed by atoms with E-state index in [2.05, 4.69) is 29.1 Å². The predicted molar refractivity (Wildman–Crippen MR) is 123 cm³/mol. The van der Waals surface area contributed by atoms with Gasteiger partial charge in [-0.15, -0.1) is 24.0 Å². The first-order chi connectivity index (χ1) is 12.7. The van der Waals surface area contributed by atoms with Gasteiger partial charge in [-0.25, -0.2) is 0 Å². The van der Waals surface area contributed by atoms with E-state index in [-0.39, 0.29) is 24.0 Å². The number of nitrogens with one attached hydrogen (secondary N) is 1. The molecule has 0 radical (unpaired) electrons. The predicted octanol–water partition coefficient (Wildman–Crippen LogP) is 3.46. The smallest absolute Gasteiger partial charge is 0.193 e. The zero-order chi connectivity index (χ0) is 18.2. The molecule has 5 nitrogen and oxygen atoms in total. The van der Waals surface area contributed by atoms with Gasteiger partial charge < -0.3 is 19.9 Å². The number of benzene rings is 1. The van der Waals surface area contributed by atoms with Crippen LogP contribution in [0.1, 0.15) is 32.6 Å². The van der Waals surface area contributed by atoms with E-state index in [0.717, 1.165) is 50.7 Å². The zero-order valence-corrected chi connectivity index (χ0v) is 19.1. The molecule has 1 aromatic rings. The number of aliphatic imine (C=N–C) groups is 1. The van der Waals surface area contributed by atoms with Gasteiger partial charge in [0.15, 0.2) is 5.96 Å². The summed E-state index contributed by atoms with van der Waals surface area (Å²) in [6.45, 7) is 8.43. The lowest BCUT2D eigenvalue weighted by molar-refractivity contribution is 0.129. The lowest BCUT2D eigenvalue weighted by Crippen LogP contribution is -2.47. The Kier molecular flexibility index (Phi) is 9.68. The van der Waals surface area contributed by atoms with E-state index < -0.39 is 0 Å². The topological polar surface area (TPSA) is 40.1 Å². The van der Waals surface area contributed by atoms with E-state index in [9.17, 15) is 0 Å². The Morgan fingerprint density at radius 1 is 1.15 bits per heavy atom. The van der Waals surface area contributed by atoms with Gasteiger partial charge in [-0.1, -0.05) is 18.2 Å². The molecule has 1 unspecified atom stereocenters. The van der Waals surface area contributed by atoms with Crippen molar-refractivity contribution in [3.8, 4) is 5.75 Å². The van der Waals surface area contributed by atoms with Gasteiger partial charge in [0, 0.05) is 45.6 Å². The maximum absolute atomic E-state index is 6.12. The fourth-order valence-electron chi connectivity index (χ4n) is 3.94. The highest BCUT2D eigenvalue weighted by Gasteiger charge is 2.23. The highest BCUT2D eigenvalue weighted by Crippen LogP contribution is 2.19. The van der Waals surface area contributed by atoms with E-state index in [0.29, 0.717) is 12.0 Å². The van der Waals surface area contributed by atoms with Crippen molar-refractivity contribution in [3.05, 3.63) is 30.3 Å². The number of rotatable bonds is 5. The van der Waals surface area contributed by atoms with Crippen LogP contribution in [-0.2, 0) is 0 Å². The average molecular weight is 486 g/mol. The minimum atomic E-state index is 0. The van der Waals surface area contributed by atoms with Crippen molar-refractivity contribution >= 4 is 29.9 Å². The molecule has 0 bridgehead atoms. The van der Waals surface area contributed by atoms with Crippen LogP contribution in [0.2, 0.25) is 0 Å². The average Bonchev–Trinajstić information content (AvgIpc) is 2.67. The normalized spacial score (nSPS) is 22.2. The van der Waals surface area contributed by atoms with Crippen molar-refractivity contribution in [2.75, 3.05) is 46.3 Å². The van der Waals surface area contributed by atoms with Crippen molar-refractivity contribution < 1.29 is 4.74 Å². The third kappa shape index (κ3) is 7.14. The van der Waals surface area contributed by atoms with Crippen LogP contribution in [0.5, 0.6) is 5.75 Å². The molecule has 0 aliphatic carbocycles. The number of nitrogens with zero attached hydrogens (tertiary/aromatic N) is 3. The summed E-state index contributed by atoms with van der Waals surface area (Å²) < 4.78 is 6.12. The van der Waals surface area contributed by atoms with E-state index in [1.54, 1.807) is 0 Å². The second kappa shape index (κ2) is 11.7. The van der Waals surface area contributed by atoms with Crippen molar-refractivity contribution in [2.24, 2.45) is 10.9 Å². The van der Waals surface area contributed by atoms with Crippen molar-refractivity contribution in [1.29, 1.82) is 0 Å². The minimum absolute atomic E-state index is 0. The first kappa shape index (κ1) is 22.3. The van der Waals surface area contributed by atoms with Crippen molar-refractivity contribution in [2.45, 2.75) is 38.7 Å². The first-order valence-corrected chi connectivity index (χ1v) is 10.2. The van der Waals surface area contributed by atoms with Crippen LogP contribution in [0.15, 0.2) is 35.3 Å². The van der Waals surface area contributed by atoms with Gasteiger partial charge in [0.25, 0.3) is 0 Å². The number of ether oxygens (including phenoxy) is 1. The SMILES string of the molecule is CCNC(=NCC1CCCN(C)C1)N1CCC(Oc2ccccc2)CC1.I. The van der Waals surface area contributed by atoms with E-state index in [4.69, 9.17) is 9.73 Å². The maximum atomic E-state index is 6.12.